The van der Waals surface area contributed by atoms with Crippen molar-refractivity contribution in [3.05, 3.63) is 24.0 Å². The fourth-order valence-electron chi connectivity index (χ4n) is 3.60. The van der Waals surface area contributed by atoms with Crippen LogP contribution in [0.1, 0.15) is 25.7 Å². The summed E-state index contributed by atoms with van der Waals surface area (Å²) in [5.41, 5.74) is 6.48. The molecule has 0 unspecified atom stereocenters. The van der Waals surface area contributed by atoms with E-state index in [1.807, 2.05) is 4.90 Å². The van der Waals surface area contributed by atoms with Gasteiger partial charge in [0.25, 0.3) is 0 Å². The van der Waals surface area contributed by atoms with Gasteiger partial charge in [-0.2, -0.15) is 0 Å². The number of anilines is 1. The maximum Gasteiger partial charge on any atom is 0.242 e. The van der Waals surface area contributed by atoms with E-state index in [4.69, 9.17) is 10.5 Å². The summed E-state index contributed by atoms with van der Waals surface area (Å²) >= 11 is 0. The van der Waals surface area contributed by atoms with E-state index in [9.17, 15) is 9.18 Å². The summed E-state index contributed by atoms with van der Waals surface area (Å²) in [6, 6.07) is 4.55. The number of carbonyl (C=O) groups excluding carboxylic acids is 1. The number of nitrogens with zero attached hydrogens (tertiary/aromatic N) is 2. The van der Waals surface area contributed by atoms with Gasteiger partial charge in [0.1, 0.15) is 11.6 Å². The van der Waals surface area contributed by atoms with Gasteiger partial charge in [0, 0.05) is 32.2 Å². The largest absolute Gasteiger partial charge is 0.494 e. The van der Waals surface area contributed by atoms with E-state index in [2.05, 4.69) is 4.90 Å². The van der Waals surface area contributed by atoms with Crippen molar-refractivity contribution in [2.75, 3.05) is 38.2 Å². The summed E-state index contributed by atoms with van der Waals surface area (Å²) in [6.45, 7) is 2.67. The number of piperazine rings is 1. The Balaban J connectivity index is 0.00000156. The molecule has 1 saturated heterocycles. The fraction of sp³-hybridized carbons (Fsp3) is 0.588. The molecule has 5 nitrogen and oxygen atoms in total. The number of hydrogen-bond acceptors (Lipinski definition) is 4. The molecular formula is C17H26Cl2FN3O2. The van der Waals surface area contributed by atoms with Gasteiger partial charge in [0.05, 0.1) is 18.3 Å². The van der Waals surface area contributed by atoms with E-state index in [1.54, 1.807) is 6.07 Å². The first kappa shape index (κ1) is 21.8. The molecule has 0 aromatic heterocycles. The van der Waals surface area contributed by atoms with Gasteiger partial charge in [-0.05, 0) is 25.0 Å². The molecule has 0 spiro atoms. The minimum Gasteiger partial charge on any atom is -0.494 e. The van der Waals surface area contributed by atoms with Gasteiger partial charge >= 0.3 is 0 Å². The third-order valence-corrected chi connectivity index (χ3v) is 4.97. The smallest absolute Gasteiger partial charge is 0.242 e. The molecule has 2 N–H and O–H groups in total. The second-order valence-electron chi connectivity index (χ2n) is 6.46. The Labute approximate surface area is 160 Å². The standard InChI is InChI=1S/C17H24FN3O2.2ClH/c1-23-15-12-13(18)4-5-14(15)20-8-10-21(11-9-20)16(22)17(19)6-2-3-7-17;;/h4-5,12H,2-3,6-11,19H2,1H3;2*1H. The lowest BCUT2D eigenvalue weighted by molar-refractivity contribution is -0.137. The van der Waals surface area contributed by atoms with Crippen LogP contribution >= 0.6 is 24.8 Å². The van der Waals surface area contributed by atoms with Crippen LogP contribution in [-0.2, 0) is 4.79 Å². The Morgan fingerprint density at radius 2 is 1.76 bits per heavy atom. The van der Waals surface area contributed by atoms with Gasteiger partial charge in [-0.1, -0.05) is 12.8 Å². The number of methoxy groups -OCH3 is 1. The molecule has 1 aliphatic heterocycles. The topological polar surface area (TPSA) is 58.8 Å². The molecule has 1 saturated carbocycles. The zero-order valence-corrected chi connectivity index (χ0v) is 16.0. The second kappa shape index (κ2) is 8.92. The molecule has 2 aliphatic rings. The molecule has 142 valence electrons. The Hall–Kier alpha value is -1.24. The van der Waals surface area contributed by atoms with Crippen LogP contribution < -0.4 is 15.4 Å². The second-order valence-corrected chi connectivity index (χ2v) is 6.46. The molecule has 0 bridgehead atoms. The van der Waals surface area contributed by atoms with Crippen molar-refractivity contribution in [2.24, 2.45) is 5.73 Å². The van der Waals surface area contributed by atoms with Crippen molar-refractivity contribution in [3.8, 4) is 5.75 Å². The Bertz CT molecular complexity index is 589. The molecule has 1 aromatic rings. The molecular weight excluding hydrogens is 368 g/mol. The molecule has 1 aromatic carbocycles. The molecule has 1 heterocycles. The number of carbonyl (C=O) groups is 1. The quantitative estimate of drug-likeness (QED) is 0.857. The summed E-state index contributed by atoms with van der Waals surface area (Å²) in [7, 11) is 1.54. The Morgan fingerprint density at radius 3 is 2.32 bits per heavy atom. The summed E-state index contributed by atoms with van der Waals surface area (Å²) in [4.78, 5) is 16.6. The molecule has 1 aliphatic carbocycles. The average molecular weight is 394 g/mol. The van der Waals surface area contributed by atoms with Gasteiger partial charge in [-0.3, -0.25) is 4.79 Å². The van der Waals surface area contributed by atoms with Gasteiger partial charge in [0.2, 0.25) is 5.91 Å². The number of hydrogen-bond donors (Lipinski definition) is 1. The molecule has 1 amide bonds. The van der Waals surface area contributed by atoms with Crippen LogP contribution in [0.3, 0.4) is 0 Å². The van der Waals surface area contributed by atoms with Gasteiger partial charge < -0.3 is 20.3 Å². The van der Waals surface area contributed by atoms with Gasteiger partial charge in [-0.25, -0.2) is 4.39 Å². The van der Waals surface area contributed by atoms with Crippen LogP contribution in [-0.4, -0.2) is 49.6 Å². The van der Waals surface area contributed by atoms with Gasteiger partial charge in [0.15, 0.2) is 0 Å². The fourth-order valence-corrected chi connectivity index (χ4v) is 3.60. The summed E-state index contributed by atoms with van der Waals surface area (Å²) in [5.74, 6) is 0.294. The van der Waals surface area contributed by atoms with Crippen LogP contribution in [0.5, 0.6) is 5.75 Å². The molecule has 0 atom stereocenters. The van der Waals surface area contributed by atoms with Crippen LogP contribution in [0.2, 0.25) is 0 Å². The monoisotopic (exact) mass is 393 g/mol. The normalized spacial score (nSPS) is 19.0. The zero-order valence-electron chi connectivity index (χ0n) is 14.4. The molecule has 8 heteroatoms. The number of nitrogens with two attached hydrogens (primary N) is 1. The maximum atomic E-state index is 13.3. The first-order chi connectivity index (χ1) is 11.0. The lowest BCUT2D eigenvalue weighted by Crippen LogP contribution is -2.58. The van der Waals surface area contributed by atoms with E-state index in [0.717, 1.165) is 31.4 Å². The molecule has 2 fully saturated rings. The number of amides is 1. The number of halogens is 3. The van der Waals surface area contributed by atoms with Crippen molar-refractivity contribution in [1.82, 2.24) is 4.90 Å². The highest BCUT2D eigenvalue weighted by atomic mass is 35.5. The molecule has 0 radical (unpaired) electrons. The van der Waals surface area contributed by atoms with E-state index in [0.29, 0.717) is 31.9 Å². The number of rotatable bonds is 3. The van der Waals surface area contributed by atoms with Crippen LogP contribution in [0, 0.1) is 5.82 Å². The predicted octanol–water partition coefficient (Wildman–Crippen LogP) is 2.60. The minimum absolute atomic E-state index is 0. The maximum absolute atomic E-state index is 13.3. The van der Waals surface area contributed by atoms with Crippen molar-refractivity contribution in [3.63, 3.8) is 0 Å². The highest BCUT2D eigenvalue weighted by Crippen LogP contribution is 2.32. The van der Waals surface area contributed by atoms with Crippen molar-refractivity contribution >= 4 is 36.4 Å². The number of ether oxygens (including phenoxy) is 1. The van der Waals surface area contributed by atoms with Crippen molar-refractivity contribution in [1.29, 1.82) is 0 Å². The predicted molar refractivity (Wildman–Crippen MR) is 102 cm³/mol. The SMILES string of the molecule is COc1cc(F)ccc1N1CCN(C(=O)C2(N)CCCC2)CC1.Cl.Cl. The molecule has 25 heavy (non-hydrogen) atoms. The first-order valence-electron chi connectivity index (χ1n) is 8.20. The Morgan fingerprint density at radius 1 is 1.16 bits per heavy atom. The average Bonchev–Trinajstić information content (AvgIpc) is 3.02. The summed E-state index contributed by atoms with van der Waals surface area (Å²) in [5, 5.41) is 0. The zero-order chi connectivity index (χ0) is 16.4. The van der Waals surface area contributed by atoms with Crippen LogP contribution in [0.15, 0.2) is 18.2 Å². The van der Waals surface area contributed by atoms with Crippen LogP contribution in [0.4, 0.5) is 10.1 Å². The lowest BCUT2D eigenvalue weighted by Gasteiger charge is -2.39. The highest BCUT2D eigenvalue weighted by Gasteiger charge is 2.40. The van der Waals surface area contributed by atoms with Gasteiger partial charge in [-0.15, -0.1) is 24.8 Å². The third kappa shape index (κ3) is 4.49. The van der Waals surface area contributed by atoms with E-state index in [-0.39, 0.29) is 36.5 Å². The van der Waals surface area contributed by atoms with Crippen molar-refractivity contribution < 1.29 is 13.9 Å². The lowest BCUT2D eigenvalue weighted by atomic mass is 9.97. The summed E-state index contributed by atoms with van der Waals surface area (Å²) in [6.07, 6.45) is 3.65. The third-order valence-electron chi connectivity index (χ3n) is 4.97. The summed E-state index contributed by atoms with van der Waals surface area (Å²) < 4.78 is 18.6. The number of benzene rings is 1. The van der Waals surface area contributed by atoms with Crippen molar-refractivity contribution in [2.45, 2.75) is 31.2 Å². The first-order valence-corrected chi connectivity index (χ1v) is 8.20. The molecule has 3 rings (SSSR count). The highest BCUT2D eigenvalue weighted by molar-refractivity contribution is 5.86. The minimum atomic E-state index is -0.657. The van der Waals surface area contributed by atoms with E-state index >= 15 is 0 Å². The Kier molecular flexibility index (Phi) is 7.78. The van der Waals surface area contributed by atoms with E-state index in [1.165, 1.54) is 19.2 Å². The van der Waals surface area contributed by atoms with Crippen LogP contribution in [0.25, 0.3) is 0 Å². The van der Waals surface area contributed by atoms with E-state index < -0.39 is 5.54 Å².